The molecule has 92 valence electrons. The van der Waals surface area contributed by atoms with Gasteiger partial charge in [-0.3, -0.25) is 9.59 Å². The molecule has 1 aliphatic heterocycles. The summed E-state index contributed by atoms with van der Waals surface area (Å²) >= 11 is 0. The second-order valence-electron chi connectivity index (χ2n) is 6.10. The lowest BCUT2D eigenvalue weighted by atomic mass is 9.89. The molecule has 0 radical (unpaired) electrons. The standard InChI is InChI=1S/C12H22N2O2/c1-11(2,3)8-9(15)14-7-6-13-10(16)12(14,4)5/h6-8H2,1-5H3,(H,13,16). The second kappa shape index (κ2) is 4.07. The van der Waals surface area contributed by atoms with Crippen LogP contribution in [0.5, 0.6) is 0 Å². The van der Waals surface area contributed by atoms with Crippen LogP contribution in [0.15, 0.2) is 0 Å². The van der Waals surface area contributed by atoms with Crippen LogP contribution in [0.25, 0.3) is 0 Å². The highest BCUT2D eigenvalue weighted by molar-refractivity contribution is 5.91. The fourth-order valence-corrected chi connectivity index (χ4v) is 1.89. The molecular weight excluding hydrogens is 204 g/mol. The van der Waals surface area contributed by atoms with Gasteiger partial charge in [0.05, 0.1) is 0 Å². The van der Waals surface area contributed by atoms with E-state index in [-0.39, 0.29) is 17.2 Å². The Morgan fingerprint density at radius 2 is 2.00 bits per heavy atom. The van der Waals surface area contributed by atoms with Gasteiger partial charge in [0, 0.05) is 19.5 Å². The van der Waals surface area contributed by atoms with E-state index in [1.165, 1.54) is 0 Å². The highest BCUT2D eigenvalue weighted by Gasteiger charge is 2.40. The molecule has 0 aliphatic carbocycles. The van der Waals surface area contributed by atoms with E-state index < -0.39 is 5.54 Å². The third-order valence-corrected chi connectivity index (χ3v) is 2.83. The fraction of sp³-hybridized carbons (Fsp3) is 0.833. The number of nitrogens with one attached hydrogen (secondary N) is 1. The van der Waals surface area contributed by atoms with Crippen LogP contribution in [0.3, 0.4) is 0 Å². The SMILES string of the molecule is CC(C)(C)CC(=O)N1CCNC(=O)C1(C)C. The smallest absolute Gasteiger partial charge is 0.245 e. The van der Waals surface area contributed by atoms with Crippen LogP contribution in [0.1, 0.15) is 41.0 Å². The van der Waals surface area contributed by atoms with Gasteiger partial charge in [0.25, 0.3) is 0 Å². The van der Waals surface area contributed by atoms with Gasteiger partial charge in [0.2, 0.25) is 11.8 Å². The zero-order chi connectivity index (χ0) is 12.6. The summed E-state index contributed by atoms with van der Waals surface area (Å²) in [6.07, 6.45) is 0.476. The lowest BCUT2D eigenvalue weighted by molar-refractivity contribution is -0.150. The minimum Gasteiger partial charge on any atom is -0.352 e. The van der Waals surface area contributed by atoms with Crippen LogP contribution in [-0.4, -0.2) is 35.3 Å². The average molecular weight is 226 g/mol. The third kappa shape index (κ3) is 2.74. The first-order valence-corrected chi connectivity index (χ1v) is 5.73. The van der Waals surface area contributed by atoms with Gasteiger partial charge in [-0.25, -0.2) is 0 Å². The number of carbonyl (C=O) groups excluding carboxylic acids is 2. The predicted molar refractivity (Wildman–Crippen MR) is 62.9 cm³/mol. The summed E-state index contributed by atoms with van der Waals surface area (Å²) in [4.78, 5) is 25.5. The zero-order valence-corrected chi connectivity index (χ0v) is 10.9. The van der Waals surface area contributed by atoms with Gasteiger partial charge in [-0.15, -0.1) is 0 Å². The first-order chi connectivity index (χ1) is 7.14. The summed E-state index contributed by atoms with van der Waals surface area (Å²) in [5.74, 6) is -0.00615. The van der Waals surface area contributed by atoms with Crippen molar-refractivity contribution in [1.82, 2.24) is 10.2 Å². The lowest BCUT2D eigenvalue weighted by Crippen LogP contribution is -2.63. The van der Waals surface area contributed by atoms with Crippen molar-refractivity contribution in [2.45, 2.75) is 46.6 Å². The van der Waals surface area contributed by atoms with Crippen molar-refractivity contribution in [3.05, 3.63) is 0 Å². The molecule has 0 saturated carbocycles. The maximum atomic E-state index is 12.1. The number of amides is 2. The van der Waals surface area contributed by atoms with Crippen molar-refractivity contribution >= 4 is 11.8 Å². The molecule has 1 aliphatic rings. The normalized spacial score (nSPS) is 20.6. The van der Waals surface area contributed by atoms with Crippen molar-refractivity contribution in [1.29, 1.82) is 0 Å². The quantitative estimate of drug-likeness (QED) is 0.729. The molecule has 4 heteroatoms. The molecule has 1 rings (SSSR count). The van der Waals surface area contributed by atoms with Crippen molar-refractivity contribution in [3.63, 3.8) is 0 Å². The molecular formula is C12H22N2O2. The van der Waals surface area contributed by atoms with E-state index >= 15 is 0 Å². The molecule has 0 atom stereocenters. The van der Waals surface area contributed by atoms with Crippen LogP contribution in [0.2, 0.25) is 0 Å². The summed E-state index contributed by atoms with van der Waals surface area (Å²) in [6, 6.07) is 0. The Bertz CT molecular complexity index is 303. The van der Waals surface area contributed by atoms with Gasteiger partial charge in [-0.2, -0.15) is 0 Å². The minimum absolute atomic E-state index is 0.0406. The summed E-state index contributed by atoms with van der Waals surface area (Å²) < 4.78 is 0. The van der Waals surface area contributed by atoms with Crippen molar-refractivity contribution in [2.24, 2.45) is 5.41 Å². The van der Waals surface area contributed by atoms with Crippen LogP contribution in [0.4, 0.5) is 0 Å². The molecule has 1 fully saturated rings. The first kappa shape index (κ1) is 13.0. The number of hydrogen-bond acceptors (Lipinski definition) is 2. The monoisotopic (exact) mass is 226 g/mol. The van der Waals surface area contributed by atoms with Crippen LogP contribution < -0.4 is 5.32 Å². The Kier molecular flexibility index (Phi) is 3.31. The van der Waals surface area contributed by atoms with E-state index in [0.717, 1.165) is 0 Å². The Morgan fingerprint density at radius 1 is 1.44 bits per heavy atom. The Morgan fingerprint density at radius 3 is 2.50 bits per heavy atom. The van der Waals surface area contributed by atoms with Crippen molar-refractivity contribution in [2.75, 3.05) is 13.1 Å². The molecule has 0 bridgehead atoms. The van der Waals surface area contributed by atoms with Gasteiger partial charge < -0.3 is 10.2 Å². The van der Waals surface area contributed by atoms with Gasteiger partial charge in [0.15, 0.2) is 0 Å². The first-order valence-electron chi connectivity index (χ1n) is 5.73. The van der Waals surface area contributed by atoms with Crippen molar-refractivity contribution in [3.8, 4) is 0 Å². The minimum atomic E-state index is -0.722. The van der Waals surface area contributed by atoms with Crippen LogP contribution >= 0.6 is 0 Å². The summed E-state index contributed by atoms with van der Waals surface area (Å²) in [6.45, 7) is 10.8. The Balaban J connectivity index is 2.79. The zero-order valence-electron chi connectivity index (χ0n) is 10.9. The molecule has 0 aromatic carbocycles. The second-order valence-corrected chi connectivity index (χ2v) is 6.10. The molecule has 1 N–H and O–H groups in total. The largest absolute Gasteiger partial charge is 0.352 e. The van der Waals surface area contributed by atoms with E-state index in [4.69, 9.17) is 0 Å². The fourth-order valence-electron chi connectivity index (χ4n) is 1.89. The topological polar surface area (TPSA) is 49.4 Å². The number of hydrogen-bond donors (Lipinski definition) is 1. The van der Waals surface area contributed by atoms with E-state index in [0.29, 0.717) is 19.5 Å². The number of piperazine rings is 1. The molecule has 2 amide bonds. The van der Waals surface area contributed by atoms with Gasteiger partial charge in [-0.1, -0.05) is 20.8 Å². The van der Waals surface area contributed by atoms with E-state index in [1.807, 2.05) is 20.8 Å². The Hall–Kier alpha value is -1.06. The van der Waals surface area contributed by atoms with Crippen molar-refractivity contribution < 1.29 is 9.59 Å². The molecule has 0 unspecified atom stereocenters. The highest BCUT2D eigenvalue weighted by atomic mass is 16.2. The summed E-state index contributed by atoms with van der Waals surface area (Å²) in [5, 5.41) is 2.79. The van der Waals surface area contributed by atoms with Gasteiger partial charge in [-0.05, 0) is 19.3 Å². The molecule has 1 saturated heterocycles. The van der Waals surface area contributed by atoms with Gasteiger partial charge >= 0.3 is 0 Å². The van der Waals surface area contributed by atoms with Crippen LogP contribution in [-0.2, 0) is 9.59 Å². The maximum Gasteiger partial charge on any atom is 0.245 e. The van der Waals surface area contributed by atoms with E-state index in [1.54, 1.807) is 18.7 Å². The Labute approximate surface area is 97.4 Å². The number of rotatable bonds is 1. The van der Waals surface area contributed by atoms with Crippen LogP contribution in [0, 0.1) is 5.41 Å². The maximum absolute atomic E-state index is 12.1. The average Bonchev–Trinajstić information content (AvgIpc) is 2.06. The molecule has 1 heterocycles. The lowest BCUT2D eigenvalue weighted by Gasteiger charge is -2.42. The number of nitrogens with zero attached hydrogens (tertiary/aromatic N) is 1. The molecule has 0 aromatic heterocycles. The van der Waals surface area contributed by atoms with E-state index in [2.05, 4.69) is 5.32 Å². The summed E-state index contributed by atoms with van der Waals surface area (Å²) in [5.41, 5.74) is -0.762. The third-order valence-electron chi connectivity index (χ3n) is 2.83. The highest BCUT2D eigenvalue weighted by Crippen LogP contribution is 2.24. The molecule has 0 spiro atoms. The molecule has 4 nitrogen and oxygen atoms in total. The van der Waals surface area contributed by atoms with Gasteiger partial charge in [0.1, 0.15) is 5.54 Å². The van der Waals surface area contributed by atoms with E-state index in [9.17, 15) is 9.59 Å². The number of carbonyl (C=O) groups is 2. The summed E-state index contributed by atoms with van der Waals surface area (Å²) in [7, 11) is 0. The predicted octanol–water partition coefficient (Wildman–Crippen LogP) is 1.16. The molecule has 0 aromatic rings. The molecule has 16 heavy (non-hydrogen) atoms.